The van der Waals surface area contributed by atoms with E-state index in [4.69, 9.17) is 0 Å². The van der Waals surface area contributed by atoms with Gasteiger partial charge in [0.05, 0.1) is 6.54 Å². The van der Waals surface area contributed by atoms with Gasteiger partial charge >= 0.3 is 0 Å². The van der Waals surface area contributed by atoms with Crippen LogP contribution >= 0.6 is 15.9 Å². The zero-order valence-corrected chi connectivity index (χ0v) is 9.53. The van der Waals surface area contributed by atoms with Crippen molar-refractivity contribution in [2.24, 2.45) is 0 Å². The maximum Gasteiger partial charge on any atom is 0.188 e. The van der Waals surface area contributed by atoms with Crippen molar-refractivity contribution in [3.05, 3.63) is 40.1 Å². The summed E-state index contributed by atoms with van der Waals surface area (Å²) in [6.45, 7) is 1.41. The fourth-order valence-corrected chi connectivity index (χ4v) is 1.44. The molecule has 0 aliphatic rings. The van der Waals surface area contributed by atoms with Gasteiger partial charge in [-0.3, -0.25) is 0 Å². The average Bonchev–Trinajstić information content (AvgIpc) is 2.74. The van der Waals surface area contributed by atoms with E-state index in [0.29, 0.717) is 12.4 Å². The third-order valence-corrected chi connectivity index (χ3v) is 2.44. The van der Waals surface area contributed by atoms with Gasteiger partial charge in [0.2, 0.25) is 0 Å². The first-order chi connectivity index (χ1) is 7.34. The van der Waals surface area contributed by atoms with Crippen LogP contribution in [0.3, 0.4) is 0 Å². The Bertz CT molecular complexity index is 397. The molecule has 0 bridgehead atoms. The van der Waals surface area contributed by atoms with Crippen molar-refractivity contribution in [1.29, 1.82) is 0 Å². The van der Waals surface area contributed by atoms with Crippen molar-refractivity contribution in [3.63, 3.8) is 0 Å². The second-order valence-corrected chi connectivity index (χ2v) is 3.97. The summed E-state index contributed by atoms with van der Waals surface area (Å²) < 4.78 is 1.09. The topological polar surface area (TPSA) is 66.5 Å². The van der Waals surface area contributed by atoms with Gasteiger partial charge in [-0.25, -0.2) is 0 Å². The van der Waals surface area contributed by atoms with Crippen molar-refractivity contribution in [3.8, 4) is 0 Å². The predicted molar refractivity (Wildman–Crippen MR) is 58.9 cm³/mol. The number of hydrogen-bond donors (Lipinski definition) is 2. The first-order valence-corrected chi connectivity index (χ1v) is 5.31. The monoisotopic (exact) mass is 267 g/mol. The summed E-state index contributed by atoms with van der Waals surface area (Å²) in [5, 5.41) is 16.8. The third kappa shape index (κ3) is 3.10. The van der Waals surface area contributed by atoms with Gasteiger partial charge in [-0.05, 0) is 17.7 Å². The Kier molecular flexibility index (Phi) is 3.41. The predicted octanol–water partition coefficient (Wildman–Crippen LogP) is 1.25. The molecule has 2 rings (SSSR count). The van der Waals surface area contributed by atoms with E-state index in [1.165, 1.54) is 5.56 Å². The second kappa shape index (κ2) is 4.99. The van der Waals surface area contributed by atoms with Gasteiger partial charge in [0.1, 0.15) is 0 Å². The van der Waals surface area contributed by atoms with Crippen LogP contribution in [0.15, 0.2) is 28.7 Å². The summed E-state index contributed by atoms with van der Waals surface area (Å²) in [6, 6.07) is 8.16. The van der Waals surface area contributed by atoms with Gasteiger partial charge < -0.3 is 5.32 Å². The number of aromatic amines is 1. The summed E-state index contributed by atoms with van der Waals surface area (Å²) in [5.74, 6) is 0.673. The van der Waals surface area contributed by atoms with Crippen molar-refractivity contribution in [1.82, 2.24) is 25.9 Å². The standard InChI is InChI=1S/C9H10BrN5/c10-8-3-1-7(2-4-8)5-11-6-9-12-14-15-13-9/h1-4,11H,5-6H2,(H,12,13,14,15). The molecule has 6 heteroatoms. The van der Waals surface area contributed by atoms with Crippen LogP contribution in [0.4, 0.5) is 0 Å². The number of halogens is 1. The molecule has 2 N–H and O–H groups in total. The molecule has 0 spiro atoms. The second-order valence-electron chi connectivity index (χ2n) is 3.06. The van der Waals surface area contributed by atoms with E-state index >= 15 is 0 Å². The molecule has 2 aromatic rings. The van der Waals surface area contributed by atoms with Crippen LogP contribution in [0.5, 0.6) is 0 Å². The van der Waals surface area contributed by atoms with Gasteiger partial charge in [-0.15, -0.1) is 10.2 Å². The zero-order valence-electron chi connectivity index (χ0n) is 7.94. The number of H-pyrrole nitrogens is 1. The number of nitrogens with one attached hydrogen (secondary N) is 2. The third-order valence-electron chi connectivity index (χ3n) is 1.91. The number of hydrogen-bond acceptors (Lipinski definition) is 4. The smallest absolute Gasteiger partial charge is 0.188 e. The van der Waals surface area contributed by atoms with Gasteiger partial charge in [0.25, 0.3) is 0 Å². The molecule has 78 valence electrons. The molecular formula is C9H10BrN5. The Hall–Kier alpha value is -1.27. The molecule has 0 saturated carbocycles. The molecule has 1 aromatic heterocycles. The van der Waals surface area contributed by atoms with E-state index in [0.717, 1.165) is 11.0 Å². The highest BCUT2D eigenvalue weighted by Crippen LogP contribution is 2.10. The molecule has 0 aliphatic heterocycles. The van der Waals surface area contributed by atoms with E-state index in [9.17, 15) is 0 Å². The van der Waals surface area contributed by atoms with Crippen LogP contribution in [0.2, 0.25) is 0 Å². The summed E-state index contributed by atoms with van der Waals surface area (Å²) in [4.78, 5) is 0. The molecule has 0 unspecified atom stereocenters. The van der Waals surface area contributed by atoms with E-state index < -0.39 is 0 Å². The largest absolute Gasteiger partial charge is 0.306 e. The number of nitrogens with zero attached hydrogens (tertiary/aromatic N) is 3. The lowest BCUT2D eigenvalue weighted by atomic mass is 10.2. The van der Waals surface area contributed by atoms with Gasteiger partial charge in [-0.1, -0.05) is 33.3 Å². The summed E-state index contributed by atoms with van der Waals surface area (Å²) in [7, 11) is 0. The molecule has 1 heterocycles. The molecule has 0 aliphatic carbocycles. The highest BCUT2D eigenvalue weighted by Gasteiger charge is 1.97. The lowest BCUT2D eigenvalue weighted by Crippen LogP contribution is -2.13. The number of rotatable bonds is 4. The molecular weight excluding hydrogens is 258 g/mol. The molecule has 0 amide bonds. The van der Waals surface area contributed by atoms with E-state index in [-0.39, 0.29) is 0 Å². The lowest BCUT2D eigenvalue weighted by Gasteiger charge is -2.01. The van der Waals surface area contributed by atoms with E-state index in [2.05, 4.69) is 54.0 Å². The fraction of sp³-hybridized carbons (Fsp3) is 0.222. The van der Waals surface area contributed by atoms with Crippen molar-refractivity contribution >= 4 is 15.9 Å². The molecule has 0 saturated heterocycles. The fourth-order valence-electron chi connectivity index (χ4n) is 1.18. The van der Waals surface area contributed by atoms with Gasteiger partial charge in [0.15, 0.2) is 5.82 Å². The van der Waals surface area contributed by atoms with Crippen LogP contribution in [-0.4, -0.2) is 20.6 Å². The Labute approximate surface area is 95.4 Å². The summed E-state index contributed by atoms with van der Waals surface area (Å²) >= 11 is 3.39. The number of tetrazole rings is 1. The Morgan fingerprint density at radius 3 is 2.67 bits per heavy atom. The first kappa shape index (κ1) is 10.3. The number of aromatic nitrogens is 4. The zero-order chi connectivity index (χ0) is 10.5. The van der Waals surface area contributed by atoms with Crippen LogP contribution < -0.4 is 5.32 Å². The number of benzene rings is 1. The summed E-state index contributed by atoms with van der Waals surface area (Å²) in [6.07, 6.45) is 0. The molecule has 15 heavy (non-hydrogen) atoms. The molecule has 1 aromatic carbocycles. The average molecular weight is 268 g/mol. The van der Waals surface area contributed by atoms with Crippen molar-refractivity contribution < 1.29 is 0 Å². The van der Waals surface area contributed by atoms with Gasteiger partial charge in [-0.2, -0.15) is 5.21 Å². The maximum absolute atomic E-state index is 3.84. The highest BCUT2D eigenvalue weighted by atomic mass is 79.9. The van der Waals surface area contributed by atoms with Crippen molar-refractivity contribution in [2.75, 3.05) is 0 Å². The van der Waals surface area contributed by atoms with Crippen LogP contribution in [0, 0.1) is 0 Å². The Balaban J connectivity index is 1.81. The lowest BCUT2D eigenvalue weighted by molar-refractivity contribution is 0.663. The minimum absolute atomic E-state index is 0.618. The van der Waals surface area contributed by atoms with Crippen LogP contribution in [-0.2, 0) is 13.1 Å². The maximum atomic E-state index is 3.84. The van der Waals surface area contributed by atoms with Crippen molar-refractivity contribution in [2.45, 2.75) is 13.1 Å². The van der Waals surface area contributed by atoms with Crippen LogP contribution in [0.25, 0.3) is 0 Å². The van der Waals surface area contributed by atoms with Gasteiger partial charge in [0, 0.05) is 11.0 Å². The summed E-state index contributed by atoms with van der Waals surface area (Å²) in [5.41, 5.74) is 1.22. The molecule has 5 nitrogen and oxygen atoms in total. The Morgan fingerprint density at radius 1 is 1.20 bits per heavy atom. The van der Waals surface area contributed by atoms with E-state index in [1.807, 2.05) is 12.1 Å². The minimum Gasteiger partial charge on any atom is -0.306 e. The molecule has 0 radical (unpaired) electrons. The molecule has 0 fully saturated rings. The SMILES string of the molecule is Brc1ccc(CNCc2nn[nH]n2)cc1. The Morgan fingerprint density at radius 2 is 2.00 bits per heavy atom. The first-order valence-electron chi connectivity index (χ1n) is 4.52. The highest BCUT2D eigenvalue weighted by molar-refractivity contribution is 9.10. The normalized spacial score (nSPS) is 10.5. The quantitative estimate of drug-likeness (QED) is 0.875. The van der Waals surface area contributed by atoms with Crippen LogP contribution in [0.1, 0.15) is 11.4 Å². The minimum atomic E-state index is 0.618. The molecule has 0 atom stereocenters. The van der Waals surface area contributed by atoms with E-state index in [1.54, 1.807) is 0 Å².